The molecule has 21 heavy (non-hydrogen) atoms. The molecule has 0 N–H and O–H groups in total. The van der Waals surface area contributed by atoms with Crippen molar-refractivity contribution >= 4 is 43.5 Å². The highest BCUT2D eigenvalue weighted by Gasteiger charge is 2.28. The second-order valence-corrected chi connectivity index (χ2v) is 8.36. The summed E-state index contributed by atoms with van der Waals surface area (Å²) in [5, 5.41) is 0. The highest BCUT2D eigenvalue weighted by Crippen LogP contribution is 2.16. The van der Waals surface area contributed by atoms with Gasteiger partial charge in [-0.2, -0.15) is 4.31 Å². The second-order valence-electron chi connectivity index (χ2n) is 5.13. The minimum atomic E-state index is -3.23. The molecule has 1 fully saturated rings. The summed E-state index contributed by atoms with van der Waals surface area (Å²) < 4.78 is 26.9. The van der Waals surface area contributed by atoms with Crippen LogP contribution in [-0.2, 0) is 10.0 Å². The van der Waals surface area contributed by atoms with Crippen molar-refractivity contribution in [1.29, 1.82) is 0 Å². The fraction of sp³-hybridized carbons (Fsp3) is 0.667. The van der Waals surface area contributed by atoms with Gasteiger partial charge < -0.3 is 4.90 Å². The molecule has 0 amide bonds. The quantitative estimate of drug-likeness (QED) is 0.706. The normalized spacial score (nSPS) is 18.7. The van der Waals surface area contributed by atoms with Crippen LogP contribution in [0.4, 0.5) is 5.95 Å². The first-order valence-corrected chi connectivity index (χ1v) is 9.62. The zero-order valence-electron chi connectivity index (χ0n) is 11.7. The summed E-state index contributed by atoms with van der Waals surface area (Å²) in [7, 11) is -3.23. The molecule has 0 spiro atoms. The van der Waals surface area contributed by atoms with Crippen LogP contribution in [0.1, 0.15) is 6.92 Å². The third kappa shape index (κ3) is 4.51. The molecule has 1 aliphatic rings. The molecule has 2 rings (SSSR count). The fourth-order valence-corrected chi connectivity index (χ4v) is 4.36. The molecule has 0 saturated carbocycles. The van der Waals surface area contributed by atoms with E-state index in [0.717, 1.165) is 4.47 Å². The molecule has 0 radical (unpaired) electrons. The SMILES string of the molecule is CC(CCl)CS(=O)(=O)N1CCN(c2ncc(Br)cn2)CC1. The van der Waals surface area contributed by atoms with Gasteiger partial charge in [0.15, 0.2) is 0 Å². The third-order valence-corrected chi connectivity index (χ3v) is 6.36. The average Bonchev–Trinajstić information content (AvgIpc) is 2.47. The molecular weight excluding hydrogens is 380 g/mol. The van der Waals surface area contributed by atoms with E-state index in [1.165, 1.54) is 4.31 Å². The van der Waals surface area contributed by atoms with Gasteiger partial charge in [0.1, 0.15) is 0 Å². The summed E-state index contributed by atoms with van der Waals surface area (Å²) in [6.45, 7) is 3.94. The van der Waals surface area contributed by atoms with Gasteiger partial charge in [0.05, 0.1) is 10.2 Å². The number of nitrogens with zero attached hydrogens (tertiary/aromatic N) is 4. The Labute approximate surface area is 138 Å². The molecule has 0 aliphatic carbocycles. The zero-order chi connectivity index (χ0) is 15.5. The van der Waals surface area contributed by atoms with Crippen LogP contribution >= 0.6 is 27.5 Å². The van der Waals surface area contributed by atoms with E-state index < -0.39 is 10.0 Å². The lowest BCUT2D eigenvalue weighted by Gasteiger charge is -2.34. The van der Waals surface area contributed by atoms with Crippen molar-refractivity contribution in [2.75, 3.05) is 42.7 Å². The van der Waals surface area contributed by atoms with Gasteiger partial charge in [0.2, 0.25) is 16.0 Å². The van der Waals surface area contributed by atoms with Crippen molar-refractivity contribution in [2.45, 2.75) is 6.92 Å². The summed E-state index contributed by atoms with van der Waals surface area (Å²) >= 11 is 8.99. The number of hydrogen-bond donors (Lipinski definition) is 0. The van der Waals surface area contributed by atoms with Gasteiger partial charge in [-0.15, -0.1) is 11.6 Å². The van der Waals surface area contributed by atoms with E-state index in [-0.39, 0.29) is 11.7 Å². The van der Waals surface area contributed by atoms with E-state index in [9.17, 15) is 8.42 Å². The van der Waals surface area contributed by atoms with Crippen LogP contribution in [0.5, 0.6) is 0 Å². The molecule has 0 aromatic carbocycles. The lowest BCUT2D eigenvalue weighted by atomic mass is 10.3. The highest BCUT2D eigenvalue weighted by atomic mass is 79.9. The second kappa shape index (κ2) is 7.21. The molecule has 6 nitrogen and oxygen atoms in total. The number of rotatable bonds is 5. The van der Waals surface area contributed by atoms with Crippen LogP contribution in [0.25, 0.3) is 0 Å². The van der Waals surface area contributed by atoms with Crippen LogP contribution in [0, 0.1) is 5.92 Å². The Morgan fingerprint density at radius 1 is 1.29 bits per heavy atom. The van der Waals surface area contributed by atoms with Gasteiger partial charge in [-0.05, 0) is 21.8 Å². The topological polar surface area (TPSA) is 66.4 Å². The number of sulfonamides is 1. The predicted molar refractivity (Wildman–Crippen MR) is 87.2 cm³/mol. The van der Waals surface area contributed by atoms with Crippen molar-refractivity contribution < 1.29 is 8.42 Å². The van der Waals surface area contributed by atoms with Gasteiger partial charge in [-0.3, -0.25) is 0 Å². The summed E-state index contributed by atoms with van der Waals surface area (Å²) in [6, 6.07) is 0. The van der Waals surface area contributed by atoms with Crippen LogP contribution in [0.3, 0.4) is 0 Å². The maximum atomic E-state index is 12.3. The van der Waals surface area contributed by atoms with E-state index in [1.807, 2.05) is 11.8 Å². The van der Waals surface area contributed by atoms with E-state index >= 15 is 0 Å². The van der Waals surface area contributed by atoms with Crippen molar-refractivity contribution in [2.24, 2.45) is 5.92 Å². The first-order valence-electron chi connectivity index (χ1n) is 6.68. The smallest absolute Gasteiger partial charge is 0.225 e. The predicted octanol–water partition coefficient (Wildman–Crippen LogP) is 1.57. The van der Waals surface area contributed by atoms with Gasteiger partial charge in [0.25, 0.3) is 0 Å². The van der Waals surface area contributed by atoms with Crippen LogP contribution in [-0.4, -0.2) is 60.5 Å². The monoisotopic (exact) mass is 396 g/mol. The van der Waals surface area contributed by atoms with Crippen LogP contribution < -0.4 is 4.90 Å². The Hall–Kier alpha value is -0.440. The highest BCUT2D eigenvalue weighted by molar-refractivity contribution is 9.10. The maximum absolute atomic E-state index is 12.3. The Morgan fingerprint density at radius 3 is 2.38 bits per heavy atom. The first-order chi connectivity index (χ1) is 9.92. The van der Waals surface area contributed by atoms with Crippen LogP contribution in [0.15, 0.2) is 16.9 Å². The molecule has 118 valence electrons. The largest absolute Gasteiger partial charge is 0.338 e. The van der Waals surface area contributed by atoms with Crippen LogP contribution in [0.2, 0.25) is 0 Å². The third-order valence-electron chi connectivity index (χ3n) is 3.28. The number of aromatic nitrogens is 2. The van der Waals surface area contributed by atoms with Gasteiger partial charge >= 0.3 is 0 Å². The number of anilines is 1. The molecule has 1 aliphatic heterocycles. The summed E-state index contributed by atoms with van der Waals surface area (Å²) in [5.74, 6) is 1.05. The number of alkyl halides is 1. The molecule has 1 unspecified atom stereocenters. The number of hydrogen-bond acceptors (Lipinski definition) is 5. The molecular formula is C12H18BrClN4O2S. The van der Waals surface area contributed by atoms with Gasteiger partial charge in [-0.25, -0.2) is 18.4 Å². The first kappa shape index (κ1) is 16.9. The lowest BCUT2D eigenvalue weighted by molar-refractivity contribution is 0.380. The fourth-order valence-electron chi connectivity index (χ4n) is 2.14. The number of piperazine rings is 1. The lowest BCUT2D eigenvalue weighted by Crippen LogP contribution is -2.50. The molecule has 1 aromatic rings. The molecule has 1 atom stereocenters. The van der Waals surface area contributed by atoms with Crippen molar-refractivity contribution in [3.05, 3.63) is 16.9 Å². The molecule has 9 heteroatoms. The number of halogens is 2. The van der Waals surface area contributed by atoms with E-state index in [1.54, 1.807) is 12.4 Å². The minimum absolute atomic E-state index is 0.0375. The Morgan fingerprint density at radius 2 is 1.86 bits per heavy atom. The molecule has 2 heterocycles. The van der Waals surface area contributed by atoms with Gasteiger partial charge in [0, 0.05) is 44.5 Å². The van der Waals surface area contributed by atoms with Crippen molar-refractivity contribution in [1.82, 2.24) is 14.3 Å². The molecule has 0 bridgehead atoms. The van der Waals surface area contributed by atoms with E-state index in [4.69, 9.17) is 11.6 Å². The summed E-state index contributed by atoms with van der Waals surface area (Å²) in [5.41, 5.74) is 0. The van der Waals surface area contributed by atoms with E-state index in [0.29, 0.717) is 38.0 Å². The van der Waals surface area contributed by atoms with Gasteiger partial charge in [-0.1, -0.05) is 6.92 Å². The Kier molecular flexibility index (Phi) is 5.81. The van der Waals surface area contributed by atoms with Crippen molar-refractivity contribution in [3.8, 4) is 0 Å². The Balaban J connectivity index is 1.95. The minimum Gasteiger partial charge on any atom is -0.338 e. The molecule has 1 aromatic heterocycles. The standard InChI is InChI=1S/C12H18BrClN4O2S/c1-10(6-14)9-21(19,20)18-4-2-17(3-5-18)12-15-7-11(13)8-16-12/h7-8,10H,2-6,9H2,1H3. The Bertz CT molecular complexity index is 561. The van der Waals surface area contributed by atoms with E-state index in [2.05, 4.69) is 25.9 Å². The zero-order valence-corrected chi connectivity index (χ0v) is 14.9. The summed E-state index contributed by atoms with van der Waals surface area (Å²) in [6.07, 6.45) is 3.38. The van der Waals surface area contributed by atoms with Crippen molar-refractivity contribution in [3.63, 3.8) is 0 Å². The average molecular weight is 398 g/mol. The molecule has 1 saturated heterocycles. The summed E-state index contributed by atoms with van der Waals surface area (Å²) in [4.78, 5) is 10.5. The maximum Gasteiger partial charge on any atom is 0.225 e.